The van der Waals surface area contributed by atoms with Gasteiger partial charge in [0.25, 0.3) is 0 Å². The Morgan fingerprint density at radius 1 is 0.881 bits per heavy atom. The number of nitrogens with zero attached hydrogens (tertiary/aromatic N) is 1. The molecule has 0 unspecified atom stereocenters. The number of carbonyl (C=O) groups excluding carboxylic acids is 1. The van der Waals surface area contributed by atoms with Gasteiger partial charge in [0.15, 0.2) is 11.5 Å². The zero-order valence-electron chi connectivity index (χ0n) is 25.7. The molecule has 2 N–H and O–H groups in total. The number of ether oxygens (including phenoxy) is 2. The third kappa shape index (κ3) is 7.49. The van der Waals surface area contributed by atoms with Crippen LogP contribution in [0.5, 0.6) is 17.2 Å². The fourth-order valence-corrected chi connectivity index (χ4v) is 4.93. The molecule has 42 heavy (non-hydrogen) atoms. The number of rotatable bonds is 9. The highest BCUT2D eigenvalue weighted by Gasteiger charge is 2.26. The number of amides is 1. The zero-order valence-corrected chi connectivity index (χ0v) is 25.7. The van der Waals surface area contributed by atoms with Gasteiger partial charge < -0.3 is 14.6 Å². The molecule has 1 amide bonds. The maximum atomic E-state index is 12.7. The van der Waals surface area contributed by atoms with Gasteiger partial charge in [-0.2, -0.15) is 5.10 Å². The maximum absolute atomic E-state index is 12.7. The number of hydrogen-bond donors (Lipinski definition) is 2. The van der Waals surface area contributed by atoms with Crippen molar-refractivity contribution in [1.82, 2.24) is 5.43 Å². The Bertz CT molecular complexity index is 1550. The van der Waals surface area contributed by atoms with Crippen LogP contribution in [0.2, 0.25) is 0 Å². The summed E-state index contributed by atoms with van der Waals surface area (Å²) in [6, 6.07) is 23.9. The summed E-state index contributed by atoms with van der Waals surface area (Å²) in [5.41, 5.74) is 6.85. The number of hydrogen-bond acceptors (Lipinski definition) is 5. The van der Waals surface area contributed by atoms with E-state index in [0.717, 1.165) is 38.6 Å². The Kier molecular flexibility index (Phi) is 9.25. The number of phenols is 1. The minimum Gasteiger partial charge on any atom is -0.507 e. The minimum atomic E-state index is -0.220. The second-order valence-corrected chi connectivity index (χ2v) is 12.7. The van der Waals surface area contributed by atoms with Gasteiger partial charge in [-0.25, -0.2) is 5.43 Å². The van der Waals surface area contributed by atoms with Gasteiger partial charge in [-0.1, -0.05) is 96.1 Å². The van der Waals surface area contributed by atoms with Crippen molar-refractivity contribution in [2.24, 2.45) is 5.10 Å². The van der Waals surface area contributed by atoms with E-state index in [1.54, 1.807) is 13.3 Å². The minimum absolute atomic E-state index is 0.185. The lowest BCUT2D eigenvalue weighted by Crippen LogP contribution is -2.20. The summed E-state index contributed by atoms with van der Waals surface area (Å²) >= 11 is 0. The highest BCUT2D eigenvalue weighted by molar-refractivity contribution is 5.86. The second kappa shape index (κ2) is 12.7. The number of benzene rings is 4. The number of phenolic OH excluding ortho intramolecular Hbond substituents is 1. The molecule has 0 aromatic heterocycles. The SMILES string of the molecule is COc1ccc(/C=N\NC(=O)CCc2cc(C(C)(C)C)c(O)c(C(C)(C)C)c2)cc1OCc1cccc2ccccc12. The molecule has 6 nitrogen and oxygen atoms in total. The van der Waals surface area contributed by atoms with Crippen LogP contribution in [0.25, 0.3) is 10.8 Å². The van der Waals surface area contributed by atoms with Gasteiger partial charge in [-0.15, -0.1) is 0 Å². The normalized spacial score (nSPS) is 12.1. The standard InChI is InChI=1S/C36H42N2O4/c1-35(2,3)29-19-24(20-30(34(29)40)36(4,5)6)16-18-33(39)38-37-22-25-15-17-31(41-7)32(21-25)42-23-27-13-10-12-26-11-8-9-14-28(26)27/h8-15,17,19-22,40H,16,18,23H2,1-7H3,(H,38,39)/b37-22-. The summed E-state index contributed by atoms with van der Waals surface area (Å²) in [6.07, 6.45) is 2.41. The molecule has 0 heterocycles. The lowest BCUT2D eigenvalue weighted by molar-refractivity contribution is -0.121. The summed E-state index contributed by atoms with van der Waals surface area (Å²) in [4.78, 5) is 12.7. The Morgan fingerprint density at radius 2 is 1.55 bits per heavy atom. The third-order valence-corrected chi connectivity index (χ3v) is 7.28. The van der Waals surface area contributed by atoms with Crippen LogP contribution in [0.4, 0.5) is 0 Å². The topological polar surface area (TPSA) is 80.2 Å². The molecular formula is C36H42N2O4. The summed E-state index contributed by atoms with van der Waals surface area (Å²) in [5, 5.41) is 17.4. The van der Waals surface area contributed by atoms with Crippen LogP contribution < -0.4 is 14.9 Å². The smallest absolute Gasteiger partial charge is 0.240 e. The van der Waals surface area contributed by atoms with Crippen molar-refractivity contribution >= 4 is 22.9 Å². The van der Waals surface area contributed by atoms with Crippen LogP contribution >= 0.6 is 0 Å². The molecule has 4 aromatic carbocycles. The first kappa shape index (κ1) is 30.6. The van der Waals surface area contributed by atoms with Crippen molar-refractivity contribution in [2.45, 2.75) is 71.8 Å². The Labute approximate surface area is 249 Å². The molecule has 0 bridgehead atoms. The van der Waals surface area contributed by atoms with E-state index in [1.165, 1.54) is 0 Å². The fraction of sp³-hybridized carbons (Fsp3) is 0.333. The number of nitrogens with one attached hydrogen (secondary N) is 1. The molecule has 6 heteroatoms. The van der Waals surface area contributed by atoms with Crippen molar-refractivity contribution in [2.75, 3.05) is 7.11 Å². The predicted octanol–water partition coefficient (Wildman–Crippen LogP) is 7.81. The van der Waals surface area contributed by atoms with Gasteiger partial charge in [0.05, 0.1) is 13.3 Å². The van der Waals surface area contributed by atoms with E-state index in [4.69, 9.17) is 9.47 Å². The average molecular weight is 567 g/mol. The molecule has 0 saturated heterocycles. The number of aromatic hydroxyl groups is 1. The highest BCUT2D eigenvalue weighted by Crippen LogP contribution is 2.40. The van der Waals surface area contributed by atoms with E-state index in [9.17, 15) is 9.90 Å². The number of carbonyl (C=O) groups is 1. The Morgan fingerprint density at radius 3 is 2.21 bits per heavy atom. The predicted molar refractivity (Wildman–Crippen MR) is 171 cm³/mol. The van der Waals surface area contributed by atoms with Crippen LogP contribution in [0.3, 0.4) is 0 Å². The van der Waals surface area contributed by atoms with Gasteiger partial charge in [0.2, 0.25) is 5.91 Å². The fourth-order valence-electron chi connectivity index (χ4n) is 4.93. The summed E-state index contributed by atoms with van der Waals surface area (Å²) < 4.78 is 11.7. The molecule has 220 valence electrons. The van der Waals surface area contributed by atoms with Crippen LogP contribution in [-0.2, 0) is 28.7 Å². The molecule has 0 spiro atoms. The molecule has 0 radical (unpaired) electrons. The van der Waals surface area contributed by atoms with E-state index in [1.807, 2.05) is 48.5 Å². The molecule has 4 rings (SSSR count). The highest BCUT2D eigenvalue weighted by atomic mass is 16.5. The lowest BCUT2D eigenvalue weighted by Gasteiger charge is -2.28. The van der Waals surface area contributed by atoms with Gasteiger partial charge in [-0.05, 0) is 74.0 Å². The van der Waals surface area contributed by atoms with Crippen molar-refractivity contribution in [3.05, 3.63) is 101 Å². The van der Waals surface area contributed by atoms with Crippen molar-refractivity contribution in [3.63, 3.8) is 0 Å². The maximum Gasteiger partial charge on any atom is 0.240 e. The molecule has 0 aliphatic heterocycles. The van der Waals surface area contributed by atoms with Gasteiger partial charge in [0.1, 0.15) is 12.4 Å². The van der Waals surface area contributed by atoms with Crippen LogP contribution in [0.1, 0.15) is 75.8 Å². The quantitative estimate of drug-likeness (QED) is 0.160. The first-order valence-corrected chi connectivity index (χ1v) is 14.3. The van der Waals surface area contributed by atoms with Crippen LogP contribution in [0, 0.1) is 0 Å². The molecule has 4 aromatic rings. The first-order chi connectivity index (χ1) is 19.9. The Hall–Kier alpha value is -4.32. The number of methoxy groups -OCH3 is 1. The summed E-state index contributed by atoms with van der Waals surface area (Å²) in [5.74, 6) is 1.37. The van der Waals surface area contributed by atoms with Gasteiger partial charge in [-0.3, -0.25) is 4.79 Å². The first-order valence-electron chi connectivity index (χ1n) is 14.3. The van der Waals surface area contributed by atoms with E-state index in [0.29, 0.717) is 30.3 Å². The zero-order chi connectivity index (χ0) is 30.5. The molecule has 0 aliphatic carbocycles. The summed E-state index contributed by atoms with van der Waals surface area (Å²) in [7, 11) is 1.61. The van der Waals surface area contributed by atoms with Crippen LogP contribution in [-0.4, -0.2) is 24.3 Å². The van der Waals surface area contributed by atoms with E-state index in [-0.39, 0.29) is 23.2 Å². The largest absolute Gasteiger partial charge is 0.507 e. The van der Waals surface area contributed by atoms with Gasteiger partial charge >= 0.3 is 0 Å². The molecule has 0 fully saturated rings. The van der Waals surface area contributed by atoms with E-state index >= 15 is 0 Å². The van der Waals surface area contributed by atoms with Crippen molar-refractivity contribution < 1.29 is 19.4 Å². The van der Waals surface area contributed by atoms with Crippen molar-refractivity contribution in [3.8, 4) is 17.2 Å². The molecule has 0 aliphatic rings. The lowest BCUT2D eigenvalue weighted by atomic mass is 9.78. The van der Waals surface area contributed by atoms with E-state index < -0.39 is 0 Å². The number of aryl methyl sites for hydroxylation is 1. The van der Waals surface area contributed by atoms with Crippen LogP contribution in [0.15, 0.2) is 77.9 Å². The summed E-state index contributed by atoms with van der Waals surface area (Å²) in [6.45, 7) is 12.9. The average Bonchev–Trinajstić information content (AvgIpc) is 2.94. The monoisotopic (exact) mass is 566 g/mol. The van der Waals surface area contributed by atoms with Gasteiger partial charge in [0, 0.05) is 6.42 Å². The van der Waals surface area contributed by atoms with Crippen molar-refractivity contribution in [1.29, 1.82) is 0 Å². The molecule has 0 atom stereocenters. The second-order valence-electron chi connectivity index (χ2n) is 12.7. The Balaban J connectivity index is 1.40. The molecule has 0 saturated carbocycles. The number of fused-ring (bicyclic) bond motifs is 1. The number of hydrazone groups is 1. The molecular weight excluding hydrogens is 524 g/mol. The van der Waals surface area contributed by atoms with E-state index in [2.05, 4.69) is 76.3 Å². The third-order valence-electron chi connectivity index (χ3n) is 7.28.